The minimum absolute atomic E-state index is 0.276. The minimum atomic E-state index is 0.276. The molecule has 0 spiro atoms. The summed E-state index contributed by atoms with van der Waals surface area (Å²) in [6.45, 7) is 5.17. The lowest BCUT2D eigenvalue weighted by Crippen LogP contribution is -2.19. The van der Waals surface area contributed by atoms with E-state index in [-0.39, 0.29) is 5.41 Å². The third-order valence-electron chi connectivity index (χ3n) is 4.35. The molecule has 0 aliphatic heterocycles. The third kappa shape index (κ3) is 1.37. The monoisotopic (exact) mass is 228 g/mol. The SMILES string of the molecule is Cc1ccc(C)c2c1c(C1(CN)CC1)cn2C. The predicted molar refractivity (Wildman–Crippen MR) is 72.4 cm³/mol. The maximum atomic E-state index is 5.98. The van der Waals surface area contributed by atoms with Gasteiger partial charge in [-0.15, -0.1) is 0 Å². The Kier molecular flexibility index (Phi) is 2.14. The van der Waals surface area contributed by atoms with E-state index in [1.807, 2.05) is 0 Å². The molecule has 0 bridgehead atoms. The number of aryl methyl sites for hydroxylation is 3. The van der Waals surface area contributed by atoms with Crippen LogP contribution in [0.1, 0.15) is 29.5 Å². The van der Waals surface area contributed by atoms with Gasteiger partial charge in [-0.05, 0) is 43.4 Å². The van der Waals surface area contributed by atoms with Gasteiger partial charge in [0.05, 0.1) is 5.52 Å². The fourth-order valence-electron chi connectivity index (χ4n) is 3.05. The summed E-state index contributed by atoms with van der Waals surface area (Å²) >= 11 is 0. The molecular formula is C15H20N2. The molecule has 1 heterocycles. The second kappa shape index (κ2) is 3.36. The van der Waals surface area contributed by atoms with Gasteiger partial charge in [0.15, 0.2) is 0 Å². The Bertz CT molecular complexity index is 588. The summed E-state index contributed by atoms with van der Waals surface area (Å²) in [6, 6.07) is 4.44. The van der Waals surface area contributed by atoms with Crippen molar-refractivity contribution in [2.45, 2.75) is 32.1 Å². The van der Waals surface area contributed by atoms with E-state index in [1.54, 1.807) is 0 Å². The molecule has 0 atom stereocenters. The third-order valence-corrected chi connectivity index (χ3v) is 4.35. The lowest BCUT2D eigenvalue weighted by molar-refractivity contribution is 0.706. The number of aromatic nitrogens is 1. The van der Waals surface area contributed by atoms with Crippen LogP contribution in [0.4, 0.5) is 0 Å². The van der Waals surface area contributed by atoms with Crippen molar-refractivity contribution in [2.24, 2.45) is 12.8 Å². The number of nitrogens with zero attached hydrogens (tertiary/aromatic N) is 1. The molecule has 90 valence electrons. The number of rotatable bonds is 2. The highest BCUT2D eigenvalue weighted by molar-refractivity contribution is 5.91. The van der Waals surface area contributed by atoms with E-state index in [1.165, 1.54) is 40.4 Å². The van der Waals surface area contributed by atoms with Crippen molar-refractivity contribution in [1.82, 2.24) is 4.57 Å². The van der Waals surface area contributed by atoms with E-state index in [0.717, 1.165) is 6.54 Å². The number of hydrogen-bond acceptors (Lipinski definition) is 1. The average molecular weight is 228 g/mol. The normalized spacial score (nSPS) is 17.6. The van der Waals surface area contributed by atoms with Crippen LogP contribution in [0.25, 0.3) is 10.9 Å². The number of nitrogens with two attached hydrogens (primary N) is 1. The Hall–Kier alpha value is -1.28. The fourth-order valence-corrected chi connectivity index (χ4v) is 3.05. The quantitative estimate of drug-likeness (QED) is 0.842. The molecule has 1 aliphatic carbocycles. The molecule has 1 aromatic carbocycles. The summed E-state index contributed by atoms with van der Waals surface area (Å²) in [5.74, 6) is 0. The van der Waals surface area contributed by atoms with Crippen LogP contribution in [-0.2, 0) is 12.5 Å². The zero-order chi connectivity index (χ0) is 12.2. The van der Waals surface area contributed by atoms with Crippen LogP contribution in [0.2, 0.25) is 0 Å². The van der Waals surface area contributed by atoms with Crippen molar-refractivity contribution in [3.8, 4) is 0 Å². The van der Waals surface area contributed by atoms with Gasteiger partial charge in [0, 0.05) is 30.6 Å². The van der Waals surface area contributed by atoms with Gasteiger partial charge in [0.2, 0.25) is 0 Å². The standard InChI is InChI=1S/C15H20N2/c1-10-4-5-11(2)14-13(10)12(8-17(14)3)15(9-16)6-7-15/h4-5,8H,6-7,9,16H2,1-3H3. The Morgan fingerprint density at radius 1 is 1.24 bits per heavy atom. The van der Waals surface area contributed by atoms with Crippen LogP contribution in [0.5, 0.6) is 0 Å². The van der Waals surface area contributed by atoms with E-state index in [9.17, 15) is 0 Å². The van der Waals surface area contributed by atoms with Crippen molar-refractivity contribution >= 4 is 10.9 Å². The van der Waals surface area contributed by atoms with E-state index >= 15 is 0 Å². The first-order chi connectivity index (χ1) is 8.09. The summed E-state index contributed by atoms with van der Waals surface area (Å²) in [6.07, 6.45) is 4.79. The van der Waals surface area contributed by atoms with Gasteiger partial charge in [0.1, 0.15) is 0 Å². The highest BCUT2D eigenvalue weighted by atomic mass is 14.9. The van der Waals surface area contributed by atoms with Gasteiger partial charge in [-0.25, -0.2) is 0 Å². The Morgan fingerprint density at radius 2 is 1.88 bits per heavy atom. The van der Waals surface area contributed by atoms with E-state index in [0.29, 0.717) is 0 Å². The molecule has 3 rings (SSSR count). The molecule has 2 aromatic rings. The maximum Gasteiger partial charge on any atom is 0.0513 e. The fraction of sp³-hybridized carbons (Fsp3) is 0.467. The van der Waals surface area contributed by atoms with Gasteiger partial charge in [-0.3, -0.25) is 0 Å². The maximum absolute atomic E-state index is 5.98. The molecule has 17 heavy (non-hydrogen) atoms. The molecule has 0 amide bonds. The molecule has 2 heteroatoms. The summed E-state index contributed by atoms with van der Waals surface area (Å²) in [4.78, 5) is 0. The van der Waals surface area contributed by atoms with Gasteiger partial charge < -0.3 is 10.3 Å². The predicted octanol–water partition coefficient (Wildman–Crippen LogP) is 2.79. The van der Waals surface area contributed by atoms with Crippen LogP contribution in [0.3, 0.4) is 0 Å². The molecule has 1 fully saturated rings. The smallest absolute Gasteiger partial charge is 0.0513 e. The molecule has 1 aliphatic rings. The van der Waals surface area contributed by atoms with Crippen molar-refractivity contribution in [3.05, 3.63) is 35.0 Å². The Balaban J connectivity index is 2.38. The summed E-state index contributed by atoms with van der Waals surface area (Å²) < 4.78 is 2.27. The minimum Gasteiger partial charge on any atom is -0.350 e. The van der Waals surface area contributed by atoms with Crippen LogP contribution in [0.15, 0.2) is 18.3 Å². The van der Waals surface area contributed by atoms with Gasteiger partial charge in [0.25, 0.3) is 0 Å². The topological polar surface area (TPSA) is 30.9 Å². The lowest BCUT2D eigenvalue weighted by Gasteiger charge is -2.12. The Morgan fingerprint density at radius 3 is 2.47 bits per heavy atom. The number of benzene rings is 1. The van der Waals surface area contributed by atoms with Crippen LogP contribution in [-0.4, -0.2) is 11.1 Å². The molecule has 0 saturated heterocycles. The second-order valence-corrected chi connectivity index (χ2v) is 5.56. The zero-order valence-corrected chi connectivity index (χ0v) is 10.9. The zero-order valence-electron chi connectivity index (χ0n) is 10.9. The molecule has 1 saturated carbocycles. The van der Waals surface area contributed by atoms with E-state index in [2.05, 4.69) is 43.8 Å². The van der Waals surface area contributed by atoms with Crippen molar-refractivity contribution in [1.29, 1.82) is 0 Å². The largest absolute Gasteiger partial charge is 0.350 e. The summed E-state index contributed by atoms with van der Waals surface area (Å²) in [5, 5.41) is 1.44. The second-order valence-electron chi connectivity index (χ2n) is 5.56. The highest BCUT2D eigenvalue weighted by Gasteiger charge is 2.44. The van der Waals surface area contributed by atoms with E-state index < -0.39 is 0 Å². The number of hydrogen-bond donors (Lipinski definition) is 1. The molecule has 1 aromatic heterocycles. The summed E-state index contributed by atoms with van der Waals surface area (Å²) in [5.41, 5.74) is 11.8. The lowest BCUT2D eigenvalue weighted by atomic mass is 9.93. The van der Waals surface area contributed by atoms with Crippen molar-refractivity contribution in [2.75, 3.05) is 6.54 Å². The highest BCUT2D eigenvalue weighted by Crippen LogP contribution is 2.50. The number of fused-ring (bicyclic) bond motifs is 1. The first-order valence-corrected chi connectivity index (χ1v) is 6.35. The molecule has 2 N–H and O–H groups in total. The molecule has 2 nitrogen and oxygen atoms in total. The van der Waals surface area contributed by atoms with Crippen molar-refractivity contribution < 1.29 is 0 Å². The van der Waals surface area contributed by atoms with Crippen LogP contribution in [0, 0.1) is 13.8 Å². The first-order valence-electron chi connectivity index (χ1n) is 6.35. The molecular weight excluding hydrogens is 208 g/mol. The Labute approximate surface area is 102 Å². The average Bonchev–Trinajstić information content (AvgIpc) is 3.03. The van der Waals surface area contributed by atoms with Gasteiger partial charge in [-0.1, -0.05) is 12.1 Å². The van der Waals surface area contributed by atoms with Crippen LogP contribution >= 0.6 is 0 Å². The molecule has 0 unspecified atom stereocenters. The molecule has 0 radical (unpaired) electrons. The van der Waals surface area contributed by atoms with Gasteiger partial charge in [-0.2, -0.15) is 0 Å². The van der Waals surface area contributed by atoms with Gasteiger partial charge >= 0.3 is 0 Å². The first kappa shape index (κ1) is 10.8. The van der Waals surface area contributed by atoms with Crippen LogP contribution < -0.4 is 5.73 Å². The van der Waals surface area contributed by atoms with E-state index in [4.69, 9.17) is 5.73 Å². The van der Waals surface area contributed by atoms with Crippen molar-refractivity contribution in [3.63, 3.8) is 0 Å². The summed E-state index contributed by atoms with van der Waals surface area (Å²) in [7, 11) is 2.14.